The van der Waals surface area contributed by atoms with Crippen LogP contribution in [-0.4, -0.2) is 15.7 Å². The van der Waals surface area contributed by atoms with Crippen molar-refractivity contribution >= 4 is 17.4 Å². The van der Waals surface area contributed by atoms with Crippen LogP contribution in [0.25, 0.3) is 0 Å². The Balaban J connectivity index is 1.85. The Labute approximate surface area is 111 Å². The van der Waals surface area contributed by atoms with Gasteiger partial charge in [-0.25, -0.2) is 0 Å². The Morgan fingerprint density at radius 3 is 2.79 bits per heavy atom. The largest absolute Gasteiger partial charge is 0.399 e. The van der Waals surface area contributed by atoms with E-state index >= 15 is 0 Å². The number of fused-ring (bicyclic) bond motifs is 1. The van der Waals surface area contributed by atoms with Crippen molar-refractivity contribution in [1.82, 2.24) is 9.78 Å². The minimum atomic E-state index is -0.127. The summed E-state index contributed by atoms with van der Waals surface area (Å²) in [7, 11) is 1.86. The summed E-state index contributed by atoms with van der Waals surface area (Å²) in [6, 6.07) is 6.90. The van der Waals surface area contributed by atoms with Crippen molar-refractivity contribution in [2.24, 2.45) is 7.05 Å². The van der Waals surface area contributed by atoms with E-state index in [2.05, 4.69) is 10.4 Å². The number of anilines is 2. The van der Waals surface area contributed by atoms with Crippen molar-refractivity contribution in [2.45, 2.75) is 19.3 Å². The Hall–Kier alpha value is -2.30. The van der Waals surface area contributed by atoms with Crippen molar-refractivity contribution in [1.29, 1.82) is 0 Å². The van der Waals surface area contributed by atoms with Gasteiger partial charge in [0.15, 0.2) is 0 Å². The molecule has 2 aromatic rings. The average molecular weight is 256 g/mol. The molecule has 98 valence electrons. The van der Waals surface area contributed by atoms with E-state index in [0.717, 1.165) is 30.8 Å². The molecule has 1 aromatic carbocycles. The Kier molecular flexibility index (Phi) is 2.74. The third kappa shape index (κ3) is 2.07. The second kappa shape index (κ2) is 4.42. The summed E-state index contributed by atoms with van der Waals surface area (Å²) >= 11 is 0. The molecular formula is C14H16N4O. The molecule has 1 aromatic heterocycles. The zero-order chi connectivity index (χ0) is 13.4. The van der Waals surface area contributed by atoms with Gasteiger partial charge in [-0.3, -0.25) is 9.48 Å². The van der Waals surface area contributed by atoms with Gasteiger partial charge in [0.2, 0.25) is 0 Å². The van der Waals surface area contributed by atoms with Crippen LogP contribution in [0.2, 0.25) is 0 Å². The highest BCUT2D eigenvalue weighted by atomic mass is 16.1. The second-order valence-corrected chi connectivity index (χ2v) is 4.83. The van der Waals surface area contributed by atoms with Crippen LogP contribution < -0.4 is 11.1 Å². The van der Waals surface area contributed by atoms with Gasteiger partial charge in [0.05, 0.1) is 5.69 Å². The normalized spacial score (nSPS) is 13.3. The number of aryl methyl sites for hydroxylation is 2. The lowest BCUT2D eigenvalue weighted by Gasteiger charge is -2.07. The maximum absolute atomic E-state index is 12.2. The molecule has 19 heavy (non-hydrogen) atoms. The summed E-state index contributed by atoms with van der Waals surface area (Å²) in [6.45, 7) is 0. The van der Waals surface area contributed by atoms with E-state index in [1.54, 1.807) is 28.9 Å². The molecule has 5 nitrogen and oxygen atoms in total. The maximum Gasteiger partial charge on any atom is 0.256 e. The van der Waals surface area contributed by atoms with E-state index in [9.17, 15) is 4.79 Å². The number of nitrogens with one attached hydrogen (secondary N) is 1. The average Bonchev–Trinajstić information content (AvgIpc) is 2.94. The number of aromatic nitrogens is 2. The summed E-state index contributed by atoms with van der Waals surface area (Å²) in [5.41, 5.74) is 9.14. The predicted octanol–water partition coefficient (Wildman–Crippen LogP) is 1.74. The minimum Gasteiger partial charge on any atom is -0.399 e. The summed E-state index contributed by atoms with van der Waals surface area (Å²) in [5.74, 6) is 0.687. The molecule has 0 unspecified atom stereocenters. The SMILES string of the molecule is Cn1nc2c(c1NC(=O)c1ccc(N)cc1)CCC2. The molecule has 0 aliphatic heterocycles. The fraction of sp³-hybridized carbons (Fsp3) is 0.286. The molecule has 3 N–H and O–H groups in total. The number of carbonyl (C=O) groups excluding carboxylic acids is 1. The van der Waals surface area contributed by atoms with Gasteiger partial charge in [-0.15, -0.1) is 0 Å². The van der Waals surface area contributed by atoms with Gasteiger partial charge in [0.1, 0.15) is 5.82 Å². The molecule has 0 bridgehead atoms. The minimum absolute atomic E-state index is 0.127. The van der Waals surface area contributed by atoms with Gasteiger partial charge in [0, 0.05) is 23.9 Å². The van der Waals surface area contributed by atoms with Gasteiger partial charge in [-0.05, 0) is 43.5 Å². The van der Waals surface area contributed by atoms with E-state index < -0.39 is 0 Å². The van der Waals surface area contributed by atoms with Gasteiger partial charge in [-0.2, -0.15) is 5.10 Å². The quantitative estimate of drug-likeness (QED) is 0.804. The third-order valence-electron chi connectivity index (χ3n) is 3.47. The first-order chi connectivity index (χ1) is 9.15. The lowest BCUT2D eigenvalue weighted by Crippen LogP contribution is -2.15. The Morgan fingerprint density at radius 1 is 1.32 bits per heavy atom. The summed E-state index contributed by atoms with van der Waals surface area (Å²) in [4.78, 5) is 12.2. The van der Waals surface area contributed by atoms with Crippen LogP contribution in [-0.2, 0) is 19.9 Å². The molecule has 3 rings (SSSR count). The predicted molar refractivity (Wildman–Crippen MR) is 74.0 cm³/mol. The van der Waals surface area contributed by atoms with Crippen LogP contribution in [0.5, 0.6) is 0 Å². The Bertz CT molecular complexity index is 628. The third-order valence-corrected chi connectivity index (χ3v) is 3.47. The standard InChI is InChI=1S/C14H16N4O/c1-18-13(11-3-2-4-12(11)17-18)16-14(19)9-5-7-10(15)8-6-9/h5-8H,2-4,15H2,1H3,(H,16,19). The van der Waals surface area contributed by atoms with Crippen LogP contribution in [0.4, 0.5) is 11.5 Å². The number of hydrogen-bond donors (Lipinski definition) is 2. The first-order valence-corrected chi connectivity index (χ1v) is 6.37. The maximum atomic E-state index is 12.2. The molecule has 0 saturated carbocycles. The molecule has 1 heterocycles. The van der Waals surface area contributed by atoms with Crippen LogP contribution >= 0.6 is 0 Å². The van der Waals surface area contributed by atoms with E-state index in [-0.39, 0.29) is 5.91 Å². The zero-order valence-electron chi connectivity index (χ0n) is 10.8. The Morgan fingerprint density at radius 2 is 2.05 bits per heavy atom. The molecule has 0 saturated heterocycles. The van der Waals surface area contributed by atoms with Crippen molar-refractivity contribution in [3.8, 4) is 0 Å². The number of nitrogen functional groups attached to an aromatic ring is 1. The number of benzene rings is 1. The molecule has 0 spiro atoms. The molecule has 0 radical (unpaired) electrons. The van der Waals surface area contributed by atoms with E-state index in [4.69, 9.17) is 5.73 Å². The van der Waals surface area contributed by atoms with Crippen molar-refractivity contribution < 1.29 is 4.79 Å². The monoisotopic (exact) mass is 256 g/mol. The summed E-state index contributed by atoms with van der Waals surface area (Å²) in [6.07, 6.45) is 3.10. The molecular weight excluding hydrogens is 240 g/mol. The molecule has 1 aliphatic rings. The smallest absolute Gasteiger partial charge is 0.256 e. The number of carbonyl (C=O) groups is 1. The van der Waals surface area contributed by atoms with Crippen molar-refractivity contribution in [3.05, 3.63) is 41.1 Å². The van der Waals surface area contributed by atoms with Gasteiger partial charge in [-0.1, -0.05) is 0 Å². The molecule has 1 aliphatic carbocycles. The van der Waals surface area contributed by atoms with E-state index in [0.29, 0.717) is 11.3 Å². The fourth-order valence-corrected chi connectivity index (χ4v) is 2.49. The van der Waals surface area contributed by atoms with E-state index in [1.165, 1.54) is 5.56 Å². The highest BCUT2D eigenvalue weighted by molar-refractivity contribution is 6.04. The molecule has 1 amide bonds. The number of nitrogens with zero attached hydrogens (tertiary/aromatic N) is 2. The molecule has 0 atom stereocenters. The number of rotatable bonds is 2. The van der Waals surface area contributed by atoms with Gasteiger partial charge in [0.25, 0.3) is 5.91 Å². The topological polar surface area (TPSA) is 72.9 Å². The van der Waals surface area contributed by atoms with Crippen LogP contribution in [0.1, 0.15) is 28.0 Å². The number of nitrogens with two attached hydrogens (primary N) is 1. The molecule has 0 fully saturated rings. The van der Waals surface area contributed by atoms with Gasteiger partial charge >= 0.3 is 0 Å². The fourth-order valence-electron chi connectivity index (χ4n) is 2.49. The number of hydrogen-bond acceptors (Lipinski definition) is 3. The summed E-state index contributed by atoms with van der Waals surface area (Å²) in [5, 5.41) is 7.38. The first kappa shape index (κ1) is 11.8. The van der Waals surface area contributed by atoms with E-state index in [1.807, 2.05) is 7.05 Å². The first-order valence-electron chi connectivity index (χ1n) is 6.37. The van der Waals surface area contributed by atoms with Crippen LogP contribution in [0.3, 0.4) is 0 Å². The van der Waals surface area contributed by atoms with Gasteiger partial charge < -0.3 is 11.1 Å². The highest BCUT2D eigenvalue weighted by Gasteiger charge is 2.22. The van der Waals surface area contributed by atoms with Crippen molar-refractivity contribution in [3.63, 3.8) is 0 Å². The van der Waals surface area contributed by atoms with Crippen molar-refractivity contribution in [2.75, 3.05) is 11.1 Å². The zero-order valence-corrected chi connectivity index (χ0v) is 10.8. The highest BCUT2D eigenvalue weighted by Crippen LogP contribution is 2.28. The lowest BCUT2D eigenvalue weighted by atomic mass is 10.2. The second-order valence-electron chi connectivity index (χ2n) is 4.83. The van der Waals surface area contributed by atoms with Crippen LogP contribution in [0.15, 0.2) is 24.3 Å². The van der Waals surface area contributed by atoms with Crippen LogP contribution in [0, 0.1) is 0 Å². The molecule has 5 heteroatoms. The number of amides is 1. The summed E-state index contributed by atoms with van der Waals surface area (Å²) < 4.78 is 1.75. The lowest BCUT2D eigenvalue weighted by molar-refractivity contribution is 0.102.